The van der Waals surface area contributed by atoms with Gasteiger partial charge in [-0.05, 0) is 47.9 Å². The lowest BCUT2D eigenvalue weighted by molar-refractivity contribution is -0.366. The number of phosphoric ester groups is 1. The van der Waals surface area contributed by atoms with Crippen LogP contribution in [0.3, 0.4) is 0 Å². The first-order chi connectivity index (χ1) is 36.0. The standard InChI is InChI=1S/C45H35F10O20P/c1-13-64-9-22-39(70-13)42(72-23(56)10-65-40-33(52)29(48)27(46)30(49)34(40)53)43(73-24(57)11-66-41-35(54)31(50)28(47)32(51)36(41)55)45(71-22)74-37-16-7-19-18(68-12-69-19)6-15(16)25(26-17(37)8-67-44(26)58)14-4-20(62-2)38(21(5-14)63-3)75-76(59,60)61/h4-7,13,17,22,25-26,37,39,42-43,45H,8-12H2,1-3H3,(H2,59,60,61)/t13?,17-,22?,25?,26?,37+,39?,42?,43?,45?/m0/s1. The molecule has 0 spiro atoms. The number of rotatable bonds is 15. The van der Waals surface area contributed by atoms with Crippen molar-refractivity contribution in [3.05, 3.63) is 99.1 Å². The summed E-state index contributed by atoms with van der Waals surface area (Å²) >= 11 is 0. The maximum absolute atomic E-state index is 14.7. The van der Waals surface area contributed by atoms with Crippen LogP contribution < -0.4 is 32.9 Å². The van der Waals surface area contributed by atoms with Gasteiger partial charge in [0.2, 0.25) is 70.7 Å². The smallest absolute Gasteiger partial charge is 0.493 e. The van der Waals surface area contributed by atoms with Crippen molar-refractivity contribution in [2.45, 2.75) is 55.9 Å². The van der Waals surface area contributed by atoms with Crippen LogP contribution in [0.4, 0.5) is 43.9 Å². The molecular weight excluding hydrogens is 1080 g/mol. The van der Waals surface area contributed by atoms with Crippen LogP contribution in [0.2, 0.25) is 0 Å². The van der Waals surface area contributed by atoms with Crippen LogP contribution in [-0.2, 0) is 52.1 Å². The second-order valence-electron chi connectivity index (χ2n) is 16.9. The molecule has 0 amide bonds. The zero-order valence-electron chi connectivity index (χ0n) is 38.6. The molecule has 0 bridgehead atoms. The van der Waals surface area contributed by atoms with E-state index < -0.39 is 188 Å². The molecule has 4 aliphatic heterocycles. The van der Waals surface area contributed by atoms with Crippen molar-refractivity contribution in [1.29, 1.82) is 0 Å². The number of hydrogen-bond donors (Lipinski definition) is 2. The van der Waals surface area contributed by atoms with Gasteiger partial charge < -0.3 is 66.1 Å². The fourth-order valence-electron chi connectivity index (χ4n) is 9.21. The van der Waals surface area contributed by atoms with E-state index in [9.17, 15) is 72.6 Å². The van der Waals surface area contributed by atoms with E-state index in [0.717, 1.165) is 14.2 Å². The molecule has 3 saturated heterocycles. The number of fused-ring (bicyclic) bond motifs is 4. The fraction of sp³-hybridized carbons (Fsp3) is 0.400. The number of ether oxygens (including phenoxy) is 13. The van der Waals surface area contributed by atoms with Crippen LogP contribution in [0, 0.1) is 70.0 Å². The Hall–Kier alpha value is -6.82. The van der Waals surface area contributed by atoms with E-state index in [4.69, 9.17) is 61.4 Å². The Morgan fingerprint density at radius 3 is 1.67 bits per heavy atom. The van der Waals surface area contributed by atoms with E-state index in [-0.39, 0.29) is 46.5 Å². The second kappa shape index (κ2) is 21.0. The van der Waals surface area contributed by atoms with Gasteiger partial charge in [0.05, 0.1) is 39.5 Å². The van der Waals surface area contributed by atoms with Crippen molar-refractivity contribution in [2.75, 3.05) is 47.4 Å². The molecule has 31 heteroatoms. The summed E-state index contributed by atoms with van der Waals surface area (Å²) in [5, 5.41) is 0. The molecule has 10 atom stereocenters. The molecule has 4 aromatic carbocycles. The van der Waals surface area contributed by atoms with Gasteiger partial charge in [-0.2, -0.15) is 17.6 Å². The van der Waals surface area contributed by atoms with Gasteiger partial charge in [0.25, 0.3) is 0 Å². The van der Waals surface area contributed by atoms with Crippen molar-refractivity contribution < 1.29 is 139 Å². The SMILES string of the molecule is COc1cc(C2c3cc4c(cc3[C@@H](OC3OC5COC(C)OC5C(OC(=O)COc5c(F)c(F)c(F)c(F)c5F)C3OC(=O)COc3c(F)c(F)c(F)c(F)c3F)[C@H]3COC(=O)C23)OCO4)cc(OC)c1OP(=O)(O)O. The molecule has 1 aliphatic carbocycles. The average Bonchev–Trinajstić information content (AvgIpc) is 4.05. The van der Waals surface area contributed by atoms with Crippen molar-refractivity contribution in [1.82, 2.24) is 0 Å². The predicted molar refractivity (Wildman–Crippen MR) is 221 cm³/mol. The molecule has 410 valence electrons. The molecule has 0 radical (unpaired) electrons. The van der Waals surface area contributed by atoms with E-state index in [0.29, 0.717) is 0 Å². The lowest BCUT2D eigenvalue weighted by atomic mass is 9.66. The van der Waals surface area contributed by atoms with Gasteiger partial charge in [0.15, 0.2) is 72.5 Å². The topological polar surface area (TPSA) is 238 Å². The molecule has 0 saturated carbocycles. The summed E-state index contributed by atoms with van der Waals surface area (Å²) in [6.45, 7) is -3.16. The highest BCUT2D eigenvalue weighted by molar-refractivity contribution is 7.46. The van der Waals surface area contributed by atoms with Gasteiger partial charge in [0, 0.05) is 11.8 Å². The summed E-state index contributed by atoms with van der Waals surface area (Å²) in [7, 11) is -2.95. The van der Waals surface area contributed by atoms with Crippen LogP contribution in [-0.4, -0.2) is 112 Å². The van der Waals surface area contributed by atoms with Crippen LogP contribution in [0.5, 0.6) is 40.2 Å². The van der Waals surface area contributed by atoms with Crippen molar-refractivity contribution in [3.63, 3.8) is 0 Å². The first-order valence-electron chi connectivity index (χ1n) is 21.9. The third kappa shape index (κ3) is 9.92. The molecule has 5 aliphatic rings. The Morgan fingerprint density at radius 2 is 1.16 bits per heavy atom. The number of methoxy groups -OCH3 is 2. The lowest BCUT2D eigenvalue weighted by Gasteiger charge is -2.49. The monoisotopic (exact) mass is 1120 g/mol. The molecule has 4 aromatic rings. The number of cyclic esters (lactones) is 1. The number of carbonyl (C=O) groups is 3. The zero-order valence-corrected chi connectivity index (χ0v) is 39.5. The maximum Gasteiger partial charge on any atom is 0.525 e. The highest BCUT2D eigenvalue weighted by Gasteiger charge is 2.58. The average molecular weight is 1120 g/mol. The molecule has 20 nitrogen and oxygen atoms in total. The van der Waals surface area contributed by atoms with Crippen LogP contribution >= 0.6 is 7.82 Å². The number of carbonyl (C=O) groups excluding carboxylic acids is 3. The van der Waals surface area contributed by atoms with E-state index in [1.54, 1.807) is 0 Å². The van der Waals surface area contributed by atoms with Crippen LogP contribution in [0.15, 0.2) is 24.3 Å². The van der Waals surface area contributed by atoms with Gasteiger partial charge in [-0.15, -0.1) is 0 Å². The number of phosphoric acid groups is 1. The van der Waals surface area contributed by atoms with E-state index in [1.165, 1.54) is 31.2 Å². The van der Waals surface area contributed by atoms with Gasteiger partial charge in [-0.1, -0.05) is 0 Å². The molecule has 4 heterocycles. The van der Waals surface area contributed by atoms with Gasteiger partial charge in [-0.3, -0.25) is 14.6 Å². The Balaban J connectivity index is 1.12. The van der Waals surface area contributed by atoms with E-state index in [2.05, 4.69) is 4.74 Å². The quantitative estimate of drug-likeness (QED) is 0.0360. The molecule has 9 rings (SSSR count). The zero-order chi connectivity index (χ0) is 54.8. The third-order valence-electron chi connectivity index (χ3n) is 12.4. The minimum absolute atomic E-state index is 0.108. The number of hydrogen-bond acceptors (Lipinski definition) is 18. The second-order valence-corrected chi connectivity index (χ2v) is 18.0. The molecule has 8 unspecified atom stereocenters. The van der Waals surface area contributed by atoms with Gasteiger partial charge >= 0.3 is 25.7 Å². The molecule has 76 heavy (non-hydrogen) atoms. The molecular formula is C45H35F10O20P. The fourth-order valence-corrected chi connectivity index (χ4v) is 9.63. The van der Waals surface area contributed by atoms with Crippen molar-refractivity contribution in [2.24, 2.45) is 11.8 Å². The number of benzene rings is 4. The van der Waals surface area contributed by atoms with Crippen LogP contribution in [0.1, 0.15) is 35.6 Å². The van der Waals surface area contributed by atoms with E-state index in [1.807, 2.05) is 0 Å². The first-order valence-corrected chi connectivity index (χ1v) is 23.4. The molecule has 0 aromatic heterocycles. The summed E-state index contributed by atoms with van der Waals surface area (Å²) < 4.78 is 232. The summed E-state index contributed by atoms with van der Waals surface area (Å²) in [5.41, 5.74) is 0.566. The van der Waals surface area contributed by atoms with Crippen molar-refractivity contribution in [3.8, 4) is 40.2 Å². The maximum atomic E-state index is 14.7. The summed E-state index contributed by atoms with van der Waals surface area (Å²) in [5.74, 6) is -37.4. The highest BCUT2D eigenvalue weighted by Crippen LogP contribution is 2.58. The number of esters is 3. The normalized spacial score (nSPS) is 25.4. The molecule has 3 fully saturated rings. The van der Waals surface area contributed by atoms with Crippen LogP contribution in [0.25, 0.3) is 0 Å². The summed E-state index contributed by atoms with van der Waals surface area (Å²) in [4.78, 5) is 60.7. The Bertz CT molecular complexity index is 2970. The third-order valence-corrected chi connectivity index (χ3v) is 12.9. The summed E-state index contributed by atoms with van der Waals surface area (Å²) in [6, 6.07) is 5.48. The summed E-state index contributed by atoms with van der Waals surface area (Å²) in [6.07, 6.45) is -12.2. The Kier molecular flexibility index (Phi) is 14.9. The largest absolute Gasteiger partial charge is 0.525 e. The predicted octanol–water partition coefficient (Wildman–Crippen LogP) is 5.76. The number of halogens is 10. The van der Waals surface area contributed by atoms with Gasteiger partial charge in [0.1, 0.15) is 12.2 Å². The first kappa shape index (κ1) is 54.0. The molecule has 2 N–H and O–H groups in total. The minimum Gasteiger partial charge on any atom is -0.493 e. The Labute approximate surface area is 418 Å². The lowest BCUT2D eigenvalue weighted by Crippen LogP contribution is -2.65. The van der Waals surface area contributed by atoms with Gasteiger partial charge in [-0.25, -0.2) is 40.5 Å². The Morgan fingerprint density at radius 1 is 0.658 bits per heavy atom. The van der Waals surface area contributed by atoms with Crippen molar-refractivity contribution >= 4 is 25.7 Å². The highest BCUT2D eigenvalue weighted by atomic mass is 31.2. The minimum atomic E-state index is -5.24. The van der Waals surface area contributed by atoms with E-state index >= 15 is 0 Å².